The number of aliphatic carboxylic acids is 2. The highest BCUT2D eigenvalue weighted by molar-refractivity contribution is 5.71. The number of hydrogen-bond donors (Lipinski definition) is 5. The third kappa shape index (κ3) is 7.58. The molecule has 5 N–H and O–H groups in total. The molecule has 0 unspecified atom stereocenters. The number of rotatable bonds is 13. The van der Waals surface area contributed by atoms with Gasteiger partial charge in [-0.2, -0.15) is 0 Å². The van der Waals surface area contributed by atoms with Gasteiger partial charge in [-0.1, -0.05) is 24.3 Å². The molecule has 3 rings (SSSR count). The molecule has 2 aromatic rings. The molecule has 1 fully saturated rings. The molecule has 0 aromatic heterocycles. The number of carboxylic acids is 2. The predicted octanol–water partition coefficient (Wildman–Crippen LogP) is 3.53. The normalized spacial score (nSPS) is 17.4. The quantitative estimate of drug-likeness (QED) is 0.295. The van der Waals surface area contributed by atoms with E-state index in [9.17, 15) is 19.8 Å². The van der Waals surface area contributed by atoms with Crippen molar-refractivity contribution in [1.29, 1.82) is 0 Å². The summed E-state index contributed by atoms with van der Waals surface area (Å²) in [5.74, 6) is -2.14. The first kappa shape index (κ1) is 24.7. The van der Waals surface area contributed by atoms with E-state index in [1.165, 1.54) is 0 Å². The Morgan fingerprint density at radius 1 is 1.03 bits per heavy atom. The molecule has 33 heavy (non-hydrogen) atoms. The van der Waals surface area contributed by atoms with Crippen LogP contribution in [0.2, 0.25) is 0 Å². The van der Waals surface area contributed by atoms with Gasteiger partial charge in [-0.15, -0.1) is 0 Å². The molecule has 7 heteroatoms. The third-order valence-electron chi connectivity index (χ3n) is 6.39. The van der Waals surface area contributed by atoms with Gasteiger partial charge in [-0.05, 0) is 100 Å². The van der Waals surface area contributed by atoms with Gasteiger partial charge in [0.1, 0.15) is 0 Å². The topological polar surface area (TPSA) is 111 Å². The molecule has 0 amide bonds. The van der Waals surface area contributed by atoms with E-state index in [2.05, 4.69) is 16.0 Å². The molecule has 0 aliphatic carbocycles. The standard InChI is InChI=1S/C26H35N3O4/c1-27-11-4-7-20(25(30)31)13-18-5-2-8-22(14-18)29-23-9-3-6-19(15-23)16-24(26(32)33)21-10-12-28-17-21/h2-3,5-6,8-9,14-15,20-21,24,27-29H,4,7,10-13,16-17H2,1H3,(H,30,31)(H,32,33)/t20-,21+,24+/m1/s1. The van der Waals surface area contributed by atoms with Gasteiger partial charge in [0.15, 0.2) is 0 Å². The summed E-state index contributed by atoms with van der Waals surface area (Å²) in [5, 5.41) is 29.0. The first-order chi connectivity index (χ1) is 16.0. The molecule has 0 radical (unpaired) electrons. The minimum absolute atomic E-state index is 0.158. The van der Waals surface area contributed by atoms with E-state index in [0.717, 1.165) is 55.0 Å². The van der Waals surface area contributed by atoms with E-state index in [0.29, 0.717) is 19.3 Å². The Kier molecular flexibility index (Phi) is 9.27. The summed E-state index contributed by atoms with van der Waals surface area (Å²) in [6, 6.07) is 15.7. The zero-order chi connectivity index (χ0) is 23.6. The maximum absolute atomic E-state index is 11.8. The summed E-state index contributed by atoms with van der Waals surface area (Å²) < 4.78 is 0. The number of nitrogens with one attached hydrogen (secondary N) is 3. The molecule has 1 aliphatic heterocycles. The molecule has 1 saturated heterocycles. The lowest BCUT2D eigenvalue weighted by Crippen LogP contribution is -2.27. The molecule has 0 saturated carbocycles. The van der Waals surface area contributed by atoms with Crippen LogP contribution in [-0.4, -0.2) is 48.8 Å². The fourth-order valence-electron chi connectivity index (χ4n) is 4.57. The Balaban J connectivity index is 1.66. The van der Waals surface area contributed by atoms with Crippen LogP contribution in [0.3, 0.4) is 0 Å². The lowest BCUT2D eigenvalue weighted by atomic mass is 9.86. The van der Waals surface area contributed by atoms with Crippen LogP contribution in [-0.2, 0) is 22.4 Å². The molecule has 178 valence electrons. The van der Waals surface area contributed by atoms with Gasteiger partial charge >= 0.3 is 11.9 Å². The van der Waals surface area contributed by atoms with Crippen LogP contribution < -0.4 is 16.0 Å². The first-order valence-corrected chi connectivity index (χ1v) is 11.7. The summed E-state index contributed by atoms with van der Waals surface area (Å²) in [6.45, 7) is 2.44. The van der Waals surface area contributed by atoms with E-state index in [-0.39, 0.29) is 5.92 Å². The Labute approximate surface area is 195 Å². The van der Waals surface area contributed by atoms with Crippen LogP contribution in [0.4, 0.5) is 11.4 Å². The van der Waals surface area contributed by atoms with Crippen molar-refractivity contribution in [2.75, 3.05) is 32.0 Å². The average Bonchev–Trinajstić information content (AvgIpc) is 3.32. The monoisotopic (exact) mass is 453 g/mol. The Bertz CT molecular complexity index is 927. The predicted molar refractivity (Wildman–Crippen MR) is 130 cm³/mol. The summed E-state index contributed by atoms with van der Waals surface area (Å²) >= 11 is 0. The summed E-state index contributed by atoms with van der Waals surface area (Å²) in [7, 11) is 1.87. The van der Waals surface area contributed by atoms with Gasteiger partial charge in [-0.25, -0.2) is 0 Å². The molecule has 0 bridgehead atoms. The van der Waals surface area contributed by atoms with Gasteiger partial charge in [0.25, 0.3) is 0 Å². The molecule has 2 aromatic carbocycles. The summed E-state index contributed by atoms with van der Waals surface area (Å²) in [4.78, 5) is 23.5. The van der Waals surface area contributed by atoms with E-state index in [1.807, 2.05) is 55.6 Å². The van der Waals surface area contributed by atoms with Crippen molar-refractivity contribution >= 4 is 23.3 Å². The Hall–Kier alpha value is -2.90. The highest BCUT2D eigenvalue weighted by Gasteiger charge is 2.30. The number of anilines is 2. The number of hydrogen-bond acceptors (Lipinski definition) is 5. The number of carbonyl (C=O) groups is 2. The third-order valence-corrected chi connectivity index (χ3v) is 6.39. The van der Waals surface area contributed by atoms with Crippen LogP contribution >= 0.6 is 0 Å². The fourth-order valence-corrected chi connectivity index (χ4v) is 4.57. The second kappa shape index (κ2) is 12.4. The van der Waals surface area contributed by atoms with Crippen LogP contribution in [0, 0.1) is 17.8 Å². The minimum atomic E-state index is -0.761. The molecule has 1 heterocycles. The van der Waals surface area contributed by atoms with Gasteiger partial charge in [0.2, 0.25) is 0 Å². The van der Waals surface area contributed by atoms with Crippen LogP contribution in [0.15, 0.2) is 48.5 Å². The largest absolute Gasteiger partial charge is 0.481 e. The molecular weight excluding hydrogens is 418 g/mol. The lowest BCUT2D eigenvalue weighted by molar-refractivity contribution is -0.143. The lowest BCUT2D eigenvalue weighted by Gasteiger charge is -2.19. The van der Waals surface area contributed by atoms with E-state index in [1.54, 1.807) is 0 Å². The molecule has 1 aliphatic rings. The minimum Gasteiger partial charge on any atom is -0.481 e. The zero-order valence-corrected chi connectivity index (χ0v) is 19.2. The van der Waals surface area contributed by atoms with Gasteiger partial charge in [0.05, 0.1) is 11.8 Å². The van der Waals surface area contributed by atoms with Crippen molar-refractivity contribution in [2.45, 2.75) is 32.1 Å². The van der Waals surface area contributed by atoms with Crippen molar-refractivity contribution < 1.29 is 19.8 Å². The molecule has 7 nitrogen and oxygen atoms in total. The maximum Gasteiger partial charge on any atom is 0.307 e. The maximum atomic E-state index is 11.8. The molecule has 3 atom stereocenters. The van der Waals surface area contributed by atoms with Gasteiger partial charge in [0, 0.05) is 11.4 Å². The van der Waals surface area contributed by atoms with Crippen LogP contribution in [0.5, 0.6) is 0 Å². The number of carboxylic acid groups (broad SMARTS) is 2. The van der Waals surface area contributed by atoms with Crippen LogP contribution in [0.25, 0.3) is 0 Å². The van der Waals surface area contributed by atoms with E-state index < -0.39 is 23.8 Å². The highest BCUT2D eigenvalue weighted by atomic mass is 16.4. The number of benzene rings is 2. The van der Waals surface area contributed by atoms with Gasteiger partial charge in [-0.3, -0.25) is 9.59 Å². The van der Waals surface area contributed by atoms with E-state index in [4.69, 9.17) is 0 Å². The van der Waals surface area contributed by atoms with Crippen molar-refractivity contribution in [3.63, 3.8) is 0 Å². The SMILES string of the molecule is CNCCC[C@H](Cc1cccc(Nc2cccc(C[C@H](C(=O)O)[C@H]3CCNC3)c2)c1)C(=O)O. The average molecular weight is 454 g/mol. The molecule has 0 spiro atoms. The highest BCUT2D eigenvalue weighted by Crippen LogP contribution is 2.26. The van der Waals surface area contributed by atoms with Crippen molar-refractivity contribution in [1.82, 2.24) is 10.6 Å². The smallest absolute Gasteiger partial charge is 0.307 e. The summed E-state index contributed by atoms with van der Waals surface area (Å²) in [5.41, 5.74) is 3.75. The van der Waals surface area contributed by atoms with Crippen molar-refractivity contribution in [2.24, 2.45) is 17.8 Å². The van der Waals surface area contributed by atoms with E-state index >= 15 is 0 Å². The first-order valence-electron chi connectivity index (χ1n) is 11.7. The van der Waals surface area contributed by atoms with Crippen LogP contribution in [0.1, 0.15) is 30.4 Å². The fraction of sp³-hybridized carbons (Fsp3) is 0.462. The Morgan fingerprint density at radius 3 is 2.24 bits per heavy atom. The zero-order valence-electron chi connectivity index (χ0n) is 19.2. The van der Waals surface area contributed by atoms with Crippen molar-refractivity contribution in [3.05, 3.63) is 59.7 Å². The van der Waals surface area contributed by atoms with Crippen molar-refractivity contribution in [3.8, 4) is 0 Å². The molecular formula is C26H35N3O4. The summed E-state index contributed by atoms with van der Waals surface area (Å²) in [6.07, 6.45) is 3.35. The Morgan fingerprint density at radius 2 is 1.70 bits per heavy atom. The van der Waals surface area contributed by atoms with Gasteiger partial charge < -0.3 is 26.2 Å². The second-order valence-corrected chi connectivity index (χ2v) is 8.91. The second-order valence-electron chi connectivity index (χ2n) is 8.91.